The fourth-order valence-corrected chi connectivity index (χ4v) is 3.44. The predicted octanol–water partition coefficient (Wildman–Crippen LogP) is 1.83. The highest BCUT2D eigenvalue weighted by atomic mass is 35.5. The van der Waals surface area contributed by atoms with Gasteiger partial charge in [0.1, 0.15) is 0 Å². The van der Waals surface area contributed by atoms with Crippen molar-refractivity contribution in [1.82, 2.24) is 14.9 Å². The van der Waals surface area contributed by atoms with E-state index in [0.717, 1.165) is 38.8 Å². The lowest BCUT2D eigenvalue weighted by Gasteiger charge is -2.25. The van der Waals surface area contributed by atoms with Gasteiger partial charge in [0.2, 0.25) is 5.95 Å². The van der Waals surface area contributed by atoms with E-state index in [0.29, 0.717) is 19.1 Å². The third kappa shape index (κ3) is 4.62. The largest absolute Gasteiger partial charge is 0.481 e. The van der Waals surface area contributed by atoms with Crippen LogP contribution in [0.4, 0.5) is 5.95 Å². The van der Waals surface area contributed by atoms with Crippen molar-refractivity contribution in [3.05, 3.63) is 16.9 Å². The van der Waals surface area contributed by atoms with E-state index < -0.39 is 5.97 Å². The second-order valence-corrected chi connectivity index (χ2v) is 7.00. The molecular formula is C17H23ClN4O4. The zero-order valence-electron chi connectivity index (χ0n) is 14.6. The molecule has 0 spiro atoms. The summed E-state index contributed by atoms with van der Waals surface area (Å²) in [5, 5.41) is 9.16. The van der Waals surface area contributed by atoms with Crippen LogP contribution in [0.2, 0.25) is 5.02 Å². The van der Waals surface area contributed by atoms with Gasteiger partial charge in [-0.3, -0.25) is 9.59 Å². The second-order valence-electron chi connectivity index (χ2n) is 6.59. The van der Waals surface area contributed by atoms with E-state index in [2.05, 4.69) is 9.97 Å². The molecule has 0 aliphatic carbocycles. The monoisotopic (exact) mass is 382 g/mol. The number of carbonyl (C=O) groups excluding carboxylic acids is 1. The highest BCUT2D eigenvalue weighted by Crippen LogP contribution is 2.22. The molecule has 8 nitrogen and oxygen atoms in total. The third-order valence-electron chi connectivity index (χ3n) is 4.65. The number of carboxylic acids is 1. The van der Waals surface area contributed by atoms with Gasteiger partial charge in [-0.25, -0.2) is 9.97 Å². The normalized spacial score (nSPS) is 19.7. The van der Waals surface area contributed by atoms with Crippen LogP contribution in [0.15, 0.2) is 6.20 Å². The minimum atomic E-state index is -0.957. The van der Waals surface area contributed by atoms with Gasteiger partial charge in [0.05, 0.1) is 23.7 Å². The van der Waals surface area contributed by atoms with E-state index in [4.69, 9.17) is 21.4 Å². The van der Waals surface area contributed by atoms with Gasteiger partial charge in [-0.15, -0.1) is 0 Å². The summed E-state index contributed by atoms with van der Waals surface area (Å²) < 4.78 is 5.60. The summed E-state index contributed by atoms with van der Waals surface area (Å²) in [5.41, 5.74) is 0.118. The number of hydrogen-bond acceptors (Lipinski definition) is 6. The molecule has 2 saturated heterocycles. The molecule has 1 aromatic heterocycles. The van der Waals surface area contributed by atoms with Crippen LogP contribution in [-0.2, 0) is 9.53 Å². The zero-order chi connectivity index (χ0) is 18.5. The minimum absolute atomic E-state index is 0.0774. The van der Waals surface area contributed by atoms with Crippen LogP contribution in [0, 0.1) is 0 Å². The van der Waals surface area contributed by atoms with Crippen molar-refractivity contribution in [2.75, 3.05) is 37.7 Å². The van der Waals surface area contributed by atoms with E-state index in [-0.39, 0.29) is 35.7 Å². The van der Waals surface area contributed by atoms with E-state index >= 15 is 0 Å². The van der Waals surface area contributed by atoms with Crippen molar-refractivity contribution < 1.29 is 19.4 Å². The van der Waals surface area contributed by atoms with Gasteiger partial charge in [0.15, 0.2) is 5.69 Å². The molecule has 0 aromatic carbocycles. The second kappa shape index (κ2) is 8.64. The summed E-state index contributed by atoms with van der Waals surface area (Å²) >= 11 is 6.18. The lowest BCUT2D eigenvalue weighted by atomic mass is 10.2. The fraction of sp³-hybridized carbons (Fsp3) is 0.647. The Bertz CT molecular complexity index is 660. The van der Waals surface area contributed by atoms with Crippen molar-refractivity contribution in [3.8, 4) is 0 Å². The van der Waals surface area contributed by atoms with Crippen molar-refractivity contribution in [2.24, 2.45) is 0 Å². The topological polar surface area (TPSA) is 95.9 Å². The van der Waals surface area contributed by atoms with Crippen molar-refractivity contribution in [1.29, 1.82) is 0 Å². The Morgan fingerprint density at radius 2 is 2.12 bits per heavy atom. The molecule has 2 fully saturated rings. The van der Waals surface area contributed by atoms with Gasteiger partial charge in [-0.2, -0.15) is 0 Å². The minimum Gasteiger partial charge on any atom is -0.481 e. The lowest BCUT2D eigenvalue weighted by molar-refractivity contribution is -0.137. The number of aliphatic carboxylic acids is 1. The predicted molar refractivity (Wildman–Crippen MR) is 95.6 cm³/mol. The quantitative estimate of drug-likeness (QED) is 0.768. The average Bonchev–Trinajstić information content (AvgIpc) is 3.32. The highest BCUT2D eigenvalue weighted by molar-refractivity contribution is 6.33. The van der Waals surface area contributed by atoms with E-state index in [1.807, 2.05) is 4.90 Å². The van der Waals surface area contributed by atoms with E-state index in [1.165, 1.54) is 11.1 Å². The number of anilines is 1. The molecule has 2 aliphatic heterocycles. The summed E-state index contributed by atoms with van der Waals surface area (Å²) in [6.07, 6.45) is 5.16. The van der Waals surface area contributed by atoms with E-state index in [1.54, 1.807) is 0 Å². The van der Waals surface area contributed by atoms with Crippen LogP contribution < -0.4 is 4.90 Å². The Balaban J connectivity index is 1.79. The number of rotatable bonds is 7. The van der Waals surface area contributed by atoms with Gasteiger partial charge in [-0.05, 0) is 25.7 Å². The number of carboxylic acid groups (broad SMARTS) is 1. The number of halogens is 1. The Kier molecular flexibility index (Phi) is 6.26. The van der Waals surface area contributed by atoms with Crippen molar-refractivity contribution in [2.45, 2.75) is 38.2 Å². The first-order valence-corrected chi connectivity index (χ1v) is 9.32. The first-order chi connectivity index (χ1) is 12.5. The van der Waals surface area contributed by atoms with Crippen LogP contribution in [0.5, 0.6) is 0 Å². The average molecular weight is 383 g/mol. The maximum Gasteiger partial charge on any atom is 0.305 e. The number of aromatic nitrogens is 2. The summed E-state index contributed by atoms with van der Waals surface area (Å²) in [5.74, 6) is -0.846. The fourth-order valence-electron chi connectivity index (χ4n) is 3.27. The molecule has 1 N–H and O–H groups in total. The van der Waals surface area contributed by atoms with Crippen LogP contribution >= 0.6 is 11.6 Å². The van der Waals surface area contributed by atoms with Crippen LogP contribution in [-0.4, -0.2) is 70.7 Å². The summed E-state index contributed by atoms with van der Waals surface area (Å²) in [6, 6.07) is 0. The molecule has 0 bridgehead atoms. The van der Waals surface area contributed by atoms with Crippen LogP contribution in [0.25, 0.3) is 0 Å². The van der Waals surface area contributed by atoms with E-state index in [9.17, 15) is 9.59 Å². The number of amides is 1. The number of ether oxygens (including phenoxy) is 1. The van der Waals surface area contributed by atoms with Gasteiger partial charge in [-0.1, -0.05) is 11.6 Å². The summed E-state index contributed by atoms with van der Waals surface area (Å²) in [6.45, 7) is 2.81. The first kappa shape index (κ1) is 18.8. The molecule has 26 heavy (non-hydrogen) atoms. The van der Waals surface area contributed by atoms with Crippen LogP contribution in [0.3, 0.4) is 0 Å². The first-order valence-electron chi connectivity index (χ1n) is 8.95. The highest BCUT2D eigenvalue weighted by Gasteiger charge is 2.27. The molecule has 142 valence electrons. The maximum atomic E-state index is 13.0. The smallest absolute Gasteiger partial charge is 0.305 e. The molecule has 1 aromatic rings. The Morgan fingerprint density at radius 3 is 2.77 bits per heavy atom. The molecule has 3 rings (SSSR count). The molecule has 2 aliphatic rings. The maximum absolute atomic E-state index is 13.0. The number of hydrogen-bond donors (Lipinski definition) is 1. The standard InChI is InChI=1S/C17H23ClN4O4/c18-13-10-19-17(21-6-1-2-7-21)20-15(13)16(25)22(8-5-14(23)24)11-12-4-3-9-26-12/h10,12H,1-9,11H2,(H,23,24)/t12-/m1/s1. The van der Waals surface area contributed by atoms with Crippen molar-refractivity contribution in [3.63, 3.8) is 0 Å². The molecule has 9 heteroatoms. The van der Waals surface area contributed by atoms with Gasteiger partial charge in [0.25, 0.3) is 5.91 Å². The SMILES string of the molecule is O=C(O)CCN(C[C@H]1CCCO1)C(=O)c1nc(N2CCCC2)ncc1Cl. The molecular weight excluding hydrogens is 360 g/mol. The Labute approximate surface area is 157 Å². The zero-order valence-corrected chi connectivity index (χ0v) is 15.3. The number of carbonyl (C=O) groups is 2. The van der Waals surface area contributed by atoms with Crippen molar-refractivity contribution >= 4 is 29.4 Å². The molecule has 0 radical (unpaired) electrons. The molecule has 1 atom stereocenters. The summed E-state index contributed by atoms with van der Waals surface area (Å²) in [4.78, 5) is 36.1. The molecule has 0 unspecified atom stereocenters. The van der Waals surface area contributed by atoms with Gasteiger partial charge in [0, 0.05) is 32.8 Å². The Hall–Kier alpha value is -1.93. The van der Waals surface area contributed by atoms with Gasteiger partial charge >= 0.3 is 5.97 Å². The molecule has 1 amide bonds. The lowest BCUT2D eigenvalue weighted by Crippen LogP contribution is -2.39. The Morgan fingerprint density at radius 1 is 1.35 bits per heavy atom. The van der Waals surface area contributed by atoms with Crippen LogP contribution in [0.1, 0.15) is 42.6 Å². The number of nitrogens with zero attached hydrogens (tertiary/aromatic N) is 4. The summed E-state index contributed by atoms with van der Waals surface area (Å²) in [7, 11) is 0. The molecule has 3 heterocycles. The molecule has 0 saturated carbocycles. The third-order valence-corrected chi connectivity index (χ3v) is 4.93. The van der Waals surface area contributed by atoms with Gasteiger partial charge < -0.3 is 19.6 Å².